The molecule has 2 amide bonds. The third-order valence-electron chi connectivity index (χ3n) is 3.56. The molecule has 0 saturated carbocycles. The second-order valence-electron chi connectivity index (χ2n) is 5.31. The third-order valence-corrected chi connectivity index (χ3v) is 4.75. The Morgan fingerprint density at radius 2 is 1.78 bits per heavy atom. The molecule has 0 aromatic heterocycles. The van der Waals surface area contributed by atoms with E-state index in [-0.39, 0.29) is 11.2 Å². The molecule has 23 heavy (non-hydrogen) atoms. The zero-order chi connectivity index (χ0) is 16.8. The van der Waals surface area contributed by atoms with Gasteiger partial charge in [0.25, 0.3) is 0 Å². The highest BCUT2D eigenvalue weighted by molar-refractivity contribution is 7.99. The molecule has 1 atom stereocenters. The van der Waals surface area contributed by atoms with Crippen molar-refractivity contribution < 1.29 is 9.59 Å². The summed E-state index contributed by atoms with van der Waals surface area (Å²) in [6, 6.07) is 14.7. The highest BCUT2D eigenvalue weighted by atomic mass is 32.2. The average molecular weight is 328 g/mol. The summed E-state index contributed by atoms with van der Waals surface area (Å²) < 4.78 is 0. The van der Waals surface area contributed by atoms with Gasteiger partial charge in [-0.3, -0.25) is 9.59 Å². The summed E-state index contributed by atoms with van der Waals surface area (Å²) in [5.41, 5.74) is 8.74. The normalized spacial score (nSPS) is 11.7. The molecule has 2 aromatic rings. The van der Waals surface area contributed by atoms with Crippen LogP contribution in [0.5, 0.6) is 0 Å². The van der Waals surface area contributed by atoms with E-state index in [1.807, 2.05) is 19.1 Å². The topological polar surface area (TPSA) is 72.2 Å². The largest absolute Gasteiger partial charge is 0.366 e. The summed E-state index contributed by atoms with van der Waals surface area (Å²) in [5, 5.41) is 2.67. The van der Waals surface area contributed by atoms with Gasteiger partial charge >= 0.3 is 0 Å². The number of benzene rings is 2. The van der Waals surface area contributed by atoms with Crippen LogP contribution in [0.4, 0.5) is 5.69 Å². The van der Waals surface area contributed by atoms with Crippen molar-refractivity contribution in [1.82, 2.24) is 0 Å². The van der Waals surface area contributed by atoms with Crippen molar-refractivity contribution in [3.8, 4) is 0 Å². The maximum absolute atomic E-state index is 12.2. The predicted octanol–water partition coefficient (Wildman–Crippen LogP) is 3.35. The quantitative estimate of drug-likeness (QED) is 0.854. The average Bonchev–Trinajstić information content (AvgIpc) is 2.54. The van der Waals surface area contributed by atoms with Crippen molar-refractivity contribution >= 4 is 29.3 Å². The fraction of sp³-hybridized carbons (Fsp3) is 0.222. The van der Waals surface area contributed by atoms with Crippen LogP contribution in [0.15, 0.2) is 48.5 Å². The molecular formula is C18H20N2O2S. The second kappa shape index (κ2) is 7.83. The van der Waals surface area contributed by atoms with Gasteiger partial charge in [-0.05, 0) is 49.2 Å². The van der Waals surface area contributed by atoms with Gasteiger partial charge in [0.05, 0.1) is 5.25 Å². The number of thioether (sulfide) groups is 1. The van der Waals surface area contributed by atoms with Crippen LogP contribution in [-0.2, 0) is 10.5 Å². The predicted molar refractivity (Wildman–Crippen MR) is 95.5 cm³/mol. The summed E-state index contributed by atoms with van der Waals surface area (Å²) in [6.07, 6.45) is 0. The Morgan fingerprint density at radius 1 is 1.13 bits per heavy atom. The number of rotatable bonds is 6. The Morgan fingerprint density at radius 3 is 2.39 bits per heavy atom. The van der Waals surface area contributed by atoms with Gasteiger partial charge in [-0.25, -0.2) is 0 Å². The van der Waals surface area contributed by atoms with Gasteiger partial charge in [0.2, 0.25) is 11.8 Å². The lowest BCUT2D eigenvalue weighted by molar-refractivity contribution is -0.115. The first-order valence-corrected chi connectivity index (χ1v) is 8.39. The van der Waals surface area contributed by atoms with Crippen LogP contribution in [0, 0.1) is 6.92 Å². The number of hydrogen-bond acceptors (Lipinski definition) is 3. The van der Waals surface area contributed by atoms with Gasteiger partial charge in [-0.2, -0.15) is 0 Å². The standard InChI is InChI=1S/C18H20N2O2S/c1-12-5-3-4-6-15(12)11-23-13(2)18(22)20-16-9-7-14(8-10-16)17(19)21/h3-10,13H,11H2,1-2H3,(H2,19,21)(H,20,22)/t13-/m0/s1. The second-order valence-corrected chi connectivity index (χ2v) is 6.64. The van der Waals surface area contributed by atoms with Gasteiger partial charge < -0.3 is 11.1 Å². The summed E-state index contributed by atoms with van der Waals surface area (Å²) >= 11 is 1.59. The van der Waals surface area contributed by atoms with Crippen molar-refractivity contribution in [3.63, 3.8) is 0 Å². The summed E-state index contributed by atoms with van der Waals surface area (Å²) in [7, 11) is 0. The molecule has 3 N–H and O–H groups in total. The monoisotopic (exact) mass is 328 g/mol. The number of anilines is 1. The first-order chi connectivity index (χ1) is 11.0. The van der Waals surface area contributed by atoms with E-state index in [0.29, 0.717) is 11.3 Å². The van der Waals surface area contributed by atoms with Gasteiger partial charge in [-0.15, -0.1) is 11.8 Å². The van der Waals surface area contributed by atoms with Crippen LogP contribution in [0.1, 0.15) is 28.4 Å². The van der Waals surface area contributed by atoms with Crippen LogP contribution in [-0.4, -0.2) is 17.1 Å². The molecule has 0 radical (unpaired) electrons. The molecule has 2 rings (SSSR count). The molecule has 0 aliphatic carbocycles. The lowest BCUT2D eigenvalue weighted by atomic mass is 10.1. The molecule has 0 unspecified atom stereocenters. The number of nitrogens with one attached hydrogen (secondary N) is 1. The Kier molecular flexibility index (Phi) is 5.82. The number of primary amides is 1. The molecule has 0 heterocycles. The molecule has 4 nitrogen and oxygen atoms in total. The smallest absolute Gasteiger partial charge is 0.248 e. The van der Waals surface area contributed by atoms with E-state index in [4.69, 9.17) is 5.73 Å². The molecule has 0 saturated heterocycles. The van der Waals surface area contributed by atoms with E-state index in [0.717, 1.165) is 5.75 Å². The van der Waals surface area contributed by atoms with Gasteiger partial charge in [0.15, 0.2) is 0 Å². The van der Waals surface area contributed by atoms with Crippen molar-refractivity contribution in [1.29, 1.82) is 0 Å². The van der Waals surface area contributed by atoms with E-state index in [1.54, 1.807) is 36.0 Å². The van der Waals surface area contributed by atoms with E-state index in [1.165, 1.54) is 11.1 Å². The highest BCUT2D eigenvalue weighted by Gasteiger charge is 2.14. The molecule has 120 valence electrons. The molecular weight excluding hydrogens is 308 g/mol. The lowest BCUT2D eigenvalue weighted by Crippen LogP contribution is -2.22. The molecule has 0 aliphatic rings. The number of nitrogens with two attached hydrogens (primary N) is 1. The lowest BCUT2D eigenvalue weighted by Gasteiger charge is -2.13. The van der Waals surface area contributed by atoms with E-state index < -0.39 is 5.91 Å². The van der Waals surface area contributed by atoms with Crippen molar-refractivity contribution in [2.24, 2.45) is 5.73 Å². The van der Waals surface area contributed by atoms with Crippen LogP contribution in [0.2, 0.25) is 0 Å². The number of hydrogen-bond donors (Lipinski definition) is 2. The van der Waals surface area contributed by atoms with Crippen molar-refractivity contribution in [3.05, 3.63) is 65.2 Å². The summed E-state index contributed by atoms with van der Waals surface area (Å²) in [5.74, 6) is 0.252. The first kappa shape index (κ1) is 17.1. The maximum Gasteiger partial charge on any atom is 0.248 e. The van der Waals surface area contributed by atoms with Gasteiger partial charge in [-0.1, -0.05) is 24.3 Å². The third kappa shape index (κ3) is 4.86. The minimum absolute atomic E-state index is 0.0598. The van der Waals surface area contributed by atoms with Crippen molar-refractivity contribution in [2.75, 3.05) is 5.32 Å². The minimum Gasteiger partial charge on any atom is -0.366 e. The van der Waals surface area contributed by atoms with Crippen LogP contribution >= 0.6 is 11.8 Å². The fourth-order valence-corrected chi connectivity index (χ4v) is 2.99. The Balaban J connectivity index is 1.89. The van der Waals surface area contributed by atoms with Crippen LogP contribution < -0.4 is 11.1 Å². The fourth-order valence-electron chi connectivity index (χ4n) is 2.02. The molecule has 0 aliphatic heterocycles. The van der Waals surface area contributed by atoms with Crippen LogP contribution in [0.25, 0.3) is 0 Å². The summed E-state index contributed by atoms with van der Waals surface area (Å²) in [4.78, 5) is 23.2. The van der Waals surface area contributed by atoms with Crippen molar-refractivity contribution in [2.45, 2.75) is 24.9 Å². The van der Waals surface area contributed by atoms with Gasteiger partial charge in [0.1, 0.15) is 0 Å². The Bertz CT molecular complexity index is 698. The van der Waals surface area contributed by atoms with E-state index in [9.17, 15) is 9.59 Å². The molecule has 0 spiro atoms. The minimum atomic E-state index is -0.481. The molecule has 2 aromatic carbocycles. The number of amides is 2. The summed E-state index contributed by atoms with van der Waals surface area (Å²) in [6.45, 7) is 3.96. The zero-order valence-corrected chi connectivity index (χ0v) is 14.0. The highest BCUT2D eigenvalue weighted by Crippen LogP contribution is 2.21. The number of carbonyl (C=O) groups excluding carboxylic acids is 2. The zero-order valence-electron chi connectivity index (χ0n) is 13.2. The van der Waals surface area contributed by atoms with E-state index in [2.05, 4.69) is 24.4 Å². The SMILES string of the molecule is Cc1ccccc1CS[C@@H](C)C(=O)Nc1ccc(C(N)=O)cc1. The maximum atomic E-state index is 12.2. The molecule has 0 fully saturated rings. The number of carbonyl (C=O) groups is 2. The van der Waals surface area contributed by atoms with Gasteiger partial charge in [0, 0.05) is 17.0 Å². The number of aryl methyl sites for hydroxylation is 1. The first-order valence-electron chi connectivity index (χ1n) is 7.34. The Labute approximate surface area is 140 Å². The van der Waals surface area contributed by atoms with E-state index >= 15 is 0 Å². The molecule has 0 bridgehead atoms. The van der Waals surface area contributed by atoms with Crippen LogP contribution in [0.3, 0.4) is 0 Å². The Hall–Kier alpha value is -2.27. The molecule has 5 heteroatoms.